The molecule has 1 N–H and O–H groups in total. The van der Waals surface area contributed by atoms with Gasteiger partial charge in [-0.1, -0.05) is 12.5 Å². The summed E-state index contributed by atoms with van der Waals surface area (Å²) in [7, 11) is 0. The lowest BCUT2D eigenvalue weighted by Crippen LogP contribution is -2.36. The van der Waals surface area contributed by atoms with Gasteiger partial charge in [0.1, 0.15) is 5.82 Å². The molecule has 0 aromatic carbocycles. The molecule has 1 rings (SSSR count). The molecule has 0 radical (unpaired) electrons. The van der Waals surface area contributed by atoms with Gasteiger partial charge in [-0.05, 0) is 46.3 Å². The zero-order chi connectivity index (χ0) is 12.9. The molecule has 3 nitrogen and oxygen atoms in total. The second kappa shape index (κ2) is 5.92. The van der Waals surface area contributed by atoms with Gasteiger partial charge in [0.15, 0.2) is 0 Å². The molecule has 17 heavy (non-hydrogen) atoms. The predicted octanol–water partition coefficient (Wildman–Crippen LogP) is 2.97. The van der Waals surface area contributed by atoms with Crippen LogP contribution in [0.5, 0.6) is 0 Å². The van der Waals surface area contributed by atoms with Gasteiger partial charge in [0.25, 0.3) is 0 Å². The number of hydrogen-bond donors (Lipinski definition) is 1. The van der Waals surface area contributed by atoms with Crippen molar-refractivity contribution in [3.63, 3.8) is 0 Å². The molecule has 0 spiro atoms. The summed E-state index contributed by atoms with van der Waals surface area (Å²) in [6.45, 7) is 11.5. The zero-order valence-electron chi connectivity index (χ0n) is 11.5. The molecule has 0 amide bonds. The van der Waals surface area contributed by atoms with Gasteiger partial charge in [-0.15, -0.1) is 0 Å². The summed E-state index contributed by atoms with van der Waals surface area (Å²) in [6, 6.07) is 1.94. The maximum atomic E-state index is 4.39. The van der Waals surface area contributed by atoms with E-state index in [1.54, 1.807) is 6.20 Å². The van der Waals surface area contributed by atoms with Crippen LogP contribution in [-0.4, -0.2) is 22.1 Å². The number of nitrogens with one attached hydrogen (secondary N) is 1. The van der Waals surface area contributed by atoms with E-state index in [2.05, 4.69) is 49.1 Å². The summed E-state index contributed by atoms with van der Waals surface area (Å²) < 4.78 is 0. The SMILES string of the molecule is CC/C(=C/c1ccnc(C)n1)CNC(C)(C)C. The summed E-state index contributed by atoms with van der Waals surface area (Å²) >= 11 is 0. The van der Waals surface area contributed by atoms with Crippen LogP contribution in [0.3, 0.4) is 0 Å². The van der Waals surface area contributed by atoms with Crippen LogP contribution in [0.2, 0.25) is 0 Å². The van der Waals surface area contributed by atoms with Crippen LogP contribution in [0.15, 0.2) is 17.8 Å². The highest BCUT2D eigenvalue weighted by Crippen LogP contribution is 2.09. The van der Waals surface area contributed by atoms with Crippen molar-refractivity contribution in [2.45, 2.75) is 46.6 Å². The van der Waals surface area contributed by atoms with Gasteiger partial charge in [-0.25, -0.2) is 9.97 Å². The van der Waals surface area contributed by atoms with Crippen LogP contribution >= 0.6 is 0 Å². The standard InChI is InChI=1S/C14H23N3/c1-6-12(10-16-14(3,4)5)9-13-7-8-15-11(2)17-13/h7-9,16H,6,10H2,1-5H3/b12-9-. The number of rotatable bonds is 4. The molecule has 0 saturated heterocycles. The first-order valence-corrected chi connectivity index (χ1v) is 6.15. The summed E-state index contributed by atoms with van der Waals surface area (Å²) in [5.74, 6) is 0.818. The van der Waals surface area contributed by atoms with Crippen LogP contribution in [0.4, 0.5) is 0 Å². The highest BCUT2D eigenvalue weighted by atomic mass is 14.9. The van der Waals surface area contributed by atoms with Crippen molar-refractivity contribution in [3.8, 4) is 0 Å². The normalized spacial score (nSPS) is 12.9. The van der Waals surface area contributed by atoms with E-state index in [1.807, 2.05) is 13.0 Å². The molecule has 0 unspecified atom stereocenters. The average Bonchev–Trinajstić information content (AvgIpc) is 2.23. The fraction of sp³-hybridized carbons (Fsp3) is 0.571. The third kappa shape index (κ3) is 5.59. The monoisotopic (exact) mass is 233 g/mol. The second-order valence-corrected chi connectivity index (χ2v) is 5.29. The molecule has 0 aliphatic heterocycles. The van der Waals surface area contributed by atoms with Crippen LogP contribution in [0.25, 0.3) is 6.08 Å². The molecule has 0 aliphatic rings. The summed E-state index contributed by atoms with van der Waals surface area (Å²) in [4.78, 5) is 8.49. The van der Waals surface area contributed by atoms with Gasteiger partial charge in [0.05, 0.1) is 5.69 Å². The highest BCUT2D eigenvalue weighted by molar-refractivity contribution is 5.48. The largest absolute Gasteiger partial charge is 0.308 e. The van der Waals surface area contributed by atoms with E-state index >= 15 is 0 Å². The van der Waals surface area contributed by atoms with Gasteiger partial charge in [0, 0.05) is 18.3 Å². The lowest BCUT2D eigenvalue weighted by atomic mass is 10.1. The minimum atomic E-state index is 0.149. The van der Waals surface area contributed by atoms with Crippen molar-refractivity contribution in [1.82, 2.24) is 15.3 Å². The first-order valence-electron chi connectivity index (χ1n) is 6.15. The topological polar surface area (TPSA) is 37.8 Å². The number of hydrogen-bond acceptors (Lipinski definition) is 3. The van der Waals surface area contributed by atoms with Crippen molar-refractivity contribution >= 4 is 6.08 Å². The third-order valence-corrected chi connectivity index (χ3v) is 2.45. The highest BCUT2D eigenvalue weighted by Gasteiger charge is 2.08. The Labute approximate surface area is 104 Å². The minimum Gasteiger partial charge on any atom is -0.308 e. The van der Waals surface area contributed by atoms with Crippen LogP contribution in [0.1, 0.15) is 45.6 Å². The Morgan fingerprint density at radius 1 is 1.41 bits per heavy atom. The van der Waals surface area contributed by atoms with Crippen LogP contribution in [0, 0.1) is 6.92 Å². The molecule has 1 aromatic rings. The summed E-state index contributed by atoms with van der Waals surface area (Å²) in [6.07, 6.45) is 4.98. The van der Waals surface area contributed by atoms with E-state index in [0.717, 1.165) is 24.5 Å². The minimum absolute atomic E-state index is 0.149. The lowest BCUT2D eigenvalue weighted by molar-refractivity contribution is 0.443. The van der Waals surface area contributed by atoms with E-state index in [-0.39, 0.29) is 5.54 Å². The zero-order valence-corrected chi connectivity index (χ0v) is 11.5. The van der Waals surface area contributed by atoms with Gasteiger partial charge in [-0.3, -0.25) is 0 Å². The molecule has 1 aromatic heterocycles. The van der Waals surface area contributed by atoms with Crippen LogP contribution in [-0.2, 0) is 0 Å². The van der Waals surface area contributed by atoms with Gasteiger partial charge < -0.3 is 5.32 Å². The Balaban J connectivity index is 2.73. The first-order chi connectivity index (χ1) is 7.90. The van der Waals surface area contributed by atoms with E-state index < -0.39 is 0 Å². The summed E-state index contributed by atoms with van der Waals surface area (Å²) in [5, 5.41) is 3.50. The van der Waals surface area contributed by atoms with Gasteiger partial charge in [-0.2, -0.15) is 0 Å². The molecular weight excluding hydrogens is 210 g/mol. The quantitative estimate of drug-likeness (QED) is 0.868. The van der Waals surface area contributed by atoms with E-state index in [9.17, 15) is 0 Å². The summed E-state index contributed by atoms with van der Waals surface area (Å²) in [5.41, 5.74) is 2.50. The Morgan fingerprint density at radius 2 is 2.12 bits per heavy atom. The second-order valence-electron chi connectivity index (χ2n) is 5.29. The van der Waals surface area contributed by atoms with E-state index in [1.165, 1.54) is 5.57 Å². The smallest absolute Gasteiger partial charge is 0.125 e. The molecule has 3 heteroatoms. The van der Waals surface area contributed by atoms with Crippen molar-refractivity contribution in [1.29, 1.82) is 0 Å². The molecule has 0 bridgehead atoms. The fourth-order valence-electron chi connectivity index (χ4n) is 1.42. The molecule has 0 fully saturated rings. The fourth-order valence-corrected chi connectivity index (χ4v) is 1.42. The molecule has 0 atom stereocenters. The van der Waals surface area contributed by atoms with Gasteiger partial charge >= 0.3 is 0 Å². The Hall–Kier alpha value is -1.22. The van der Waals surface area contributed by atoms with Crippen molar-refractivity contribution in [2.24, 2.45) is 0 Å². The Kier molecular flexibility index (Phi) is 4.82. The van der Waals surface area contributed by atoms with Crippen molar-refractivity contribution in [3.05, 3.63) is 29.4 Å². The molecule has 0 saturated carbocycles. The predicted molar refractivity (Wildman–Crippen MR) is 72.8 cm³/mol. The number of nitrogens with zero attached hydrogens (tertiary/aromatic N) is 2. The Bertz CT molecular complexity index is 389. The third-order valence-electron chi connectivity index (χ3n) is 2.45. The Morgan fingerprint density at radius 3 is 2.65 bits per heavy atom. The molecule has 0 aliphatic carbocycles. The van der Waals surface area contributed by atoms with Gasteiger partial charge in [0.2, 0.25) is 0 Å². The molecule has 1 heterocycles. The van der Waals surface area contributed by atoms with Crippen molar-refractivity contribution < 1.29 is 0 Å². The maximum Gasteiger partial charge on any atom is 0.125 e. The number of aryl methyl sites for hydroxylation is 1. The van der Waals surface area contributed by atoms with E-state index in [0.29, 0.717) is 0 Å². The maximum absolute atomic E-state index is 4.39. The van der Waals surface area contributed by atoms with Crippen LogP contribution < -0.4 is 5.32 Å². The first kappa shape index (κ1) is 13.8. The lowest BCUT2D eigenvalue weighted by Gasteiger charge is -2.21. The average molecular weight is 233 g/mol. The van der Waals surface area contributed by atoms with E-state index in [4.69, 9.17) is 0 Å². The number of aromatic nitrogens is 2. The molecular formula is C14H23N3. The molecule has 94 valence electrons. The van der Waals surface area contributed by atoms with Crippen molar-refractivity contribution in [2.75, 3.05) is 6.54 Å².